The van der Waals surface area contributed by atoms with Gasteiger partial charge in [-0.2, -0.15) is 0 Å². The third-order valence-corrected chi connectivity index (χ3v) is 5.31. The predicted molar refractivity (Wildman–Crippen MR) is 97.6 cm³/mol. The molecule has 9 heteroatoms. The maximum Gasteiger partial charge on any atom is 0.243 e. The number of hydrogen-bond donors (Lipinski definition) is 1. The Bertz CT molecular complexity index is 947. The first-order valence-corrected chi connectivity index (χ1v) is 10.0. The first-order valence-electron chi connectivity index (χ1n) is 8.17. The fourth-order valence-corrected chi connectivity index (χ4v) is 3.96. The van der Waals surface area contributed by atoms with Gasteiger partial charge in [0.1, 0.15) is 11.9 Å². The number of sulfonamides is 1. The lowest BCUT2D eigenvalue weighted by Gasteiger charge is -2.28. The highest BCUT2D eigenvalue weighted by Gasteiger charge is 2.29. The molecule has 0 unspecified atom stereocenters. The van der Waals surface area contributed by atoms with Crippen molar-refractivity contribution in [3.05, 3.63) is 53.8 Å². The number of benzene rings is 2. The Hall–Kier alpha value is -2.81. The Labute approximate surface area is 156 Å². The second-order valence-corrected chi connectivity index (χ2v) is 7.98. The van der Waals surface area contributed by atoms with Crippen LogP contribution in [0, 0.1) is 5.82 Å². The quantitative estimate of drug-likeness (QED) is 0.810. The summed E-state index contributed by atoms with van der Waals surface area (Å²) >= 11 is 0. The lowest BCUT2D eigenvalue weighted by molar-refractivity contribution is -0.122. The molecule has 0 fully saturated rings. The number of amides is 1. The van der Waals surface area contributed by atoms with Gasteiger partial charge in [0.15, 0.2) is 11.5 Å². The first kappa shape index (κ1) is 19.0. The molecule has 1 aliphatic heterocycles. The second kappa shape index (κ2) is 7.43. The SMILES string of the molecule is C[C@H](C(=O)NCc1ccc2c(c1)OCO2)N(c1ccc(F)cc1)S(C)(=O)=O. The normalized spacial score (nSPS) is 13.9. The summed E-state index contributed by atoms with van der Waals surface area (Å²) in [6, 6.07) is 9.19. The first-order chi connectivity index (χ1) is 12.8. The van der Waals surface area contributed by atoms with Gasteiger partial charge in [0.05, 0.1) is 11.9 Å². The van der Waals surface area contributed by atoms with E-state index in [0.29, 0.717) is 11.5 Å². The maximum atomic E-state index is 13.1. The van der Waals surface area contributed by atoms with Gasteiger partial charge in [-0.3, -0.25) is 9.10 Å². The van der Waals surface area contributed by atoms with E-state index in [-0.39, 0.29) is 19.0 Å². The van der Waals surface area contributed by atoms with Gasteiger partial charge in [-0.15, -0.1) is 0 Å². The number of anilines is 1. The molecule has 144 valence electrons. The van der Waals surface area contributed by atoms with Crippen LogP contribution in [0.1, 0.15) is 12.5 Å². The van der Waals surface area contributed by atoms with Crippen molar-refractivity contribution in [1.82, 2.24) is 5.32 Å². The molecule has 0 radical (unpaired) electrons. The highest BCUT2D eigenvalue weighted by Crippen LogP contribution is 2.32. The number of ether oxygens (including phenoxy) is 2. The Kier molecular flexibility index (Phi) is 5.22. The van der Waals surface area contributed by atoms with Gasteiger partial charge in [-0.05, 0) is 48.9 Å². The van der Waals surface area contributed by atoms with Crippen LogP contribution in [-0.2, 0) is 21.4 Å². The molecule has 0 bridgehead atoms. The zero-order valence-electron chi connectivity index (χ0n) is 14.8. The maximum absolute atomic E-state index is 13.1. The van der Waals surface area contributed by atoms with Gasteiger partial charge in [0.2, 0.25) is 22.7 Å². The zero-order valence-corrected chi connectivity index (χ0v) is 15.6. The van der Waals surface area contributed by atoms with Gasteiger partial charge in [0.25, 0.3) is 0 Å². The van der Waals surface area contributed by atoms with E-state index < -0.39 is 27.8 Å². The van der Waals surface area contributed by atoms with Gasteiger partial charge in [-0.25, -0.2) is 12.8 Å². The lowest BCUT2D eigenvalue weighted by Crippen LogP contribution is -2.47. The Morgan fingerprint density at radius 2 is 1.85 bits per heavy atom. The average molecular weight is 394 g/mol. The number of carbonyl (C=O) groups is 1. The van der Waals surface area contributed by atoms with Crippen molar-refractivity contribution < 1.29 is 27.1 Å². The van der Waals surface area contributed by atoms with Crippen molar-refractivity contribution in [3.8, 4) is 11.5 Å². The molecule has 2 aromatic carbocycles. The molecule has 1 N–H and O–H groups in total. The van der Waals surface area contributed by atoms with Crippen LogP contribution in [0.3, 0.4) is 0 Å². The summed E-state index contributed by atoms with van der Waals surface area (Å²) in [5, 5.41) is 2.71. The summed E-state index contributed by atoms with van der Waals surface area (Å²) in [7, 11) is -3.75. The summed E-state index contributed by atoms with van der Waals surface area (Å²) in [6.07, 6.45) is 0.998. The Morgan fingerprint density at radius 3 is 2.52 bits per heavy atom. The van der Waals surface area contributed by atoms with E-state index in [9.17, 15) is 17.6 Å². The van der Waals surface area contributed by atoms with Gasteiger partial charge < -0.3 is 14.8 Å². The number of fused-ring (bicyclic) bond motifs is 1. The van der Waals surface area contributed by atoms with Crippen molar-refractivity contribution >= 4 is 21.6 Å². The van der Waals surface area contributed by atoms with E-state index in [1.807, 2.05) is 0 Å². The summed E-state index contributed by atoms with van der Waals surface area (Å²) < 4.78 is 49.0. The number of carbonyl (C=O) groups excluding carboxylic acids is 1. The van der Waals surface area contributed by atoms with E-state index in [1.54, 1.807) is 18.2 Å². The molecule has 2 aromatic rings. The van der Waals surface area contributed by atoms with Crippen LogP contribution in [0.4, 0.5) is 10.1 Å². The van der Waals surface area contributed by atoms with Crippen LogP contribution in [0.5, 0.6) is 11.5 Å². The molecular formula is C18H19FN2O5S. The van der Waals surface area contributed by atoms with E-state index in [2.05, 4.69) is 5.32 Å². The van der Waals surface area contributed by atoms with Crippen LogP contribution in [0.15, 0.2) is 42.5 Å². The fourth-order valence-electron chi connectivity index (χ4n) is 2.78. The minimum Gasteiger partial charge on any atom is -0.454 e. The van der Waals surface area contributed by atoms with Crippen LogP contribution in [-0.4, -0.2) is 33.4 Å². The Morgan fingerprint density at radius 1 is 1.19 bits per heavy atom. The molecular weight excluding hydrogens is 375 g/mol. The molecule has 3 rings (SSSR count). The topological polar surface area (TPSA) is 84.9 Å². The Balaban J connectivity index is 1.72. The molecule has 1 heterocycles. The standard InChI is InChI=1S/C18H19FN2O5S/c1-12(21(27(2,23)24)15-6-4-14(19)5-7-15)18(22)20-10-13-3-8-16-17(9-13)26-11-25-16/h3-9,12H,10-11H2,1-2H3,(H,20,22)/t12-/m1/s1. The second-order valence-electron chi connectivity index (χ2n) is 6.12. The van der Waals surface area contributed by atoms with Crippen molar-refractivity contribution in [2.24, 2.45) is 0 Å². The van der Waals surface area contributed by atoms with E-state index in [4.69, 9.17) is 9.47 Å². The molecule has 1 atom stereocenters. The van der Waals surface area contributed by atoms with Crippen molar-refractivity contribution in [3.63, 3.8) is 0 Å². The third-order valence-electron chi connectivity index (χ3n) is 4.07. The zero-order chi connectivity index (χ0) is 19.6. The van der Waals surface area contributed by atoms with Gasteiger partial charge in [0, 0.05) is 6.54 Å². The van der Waals surface area contributed by atoms with Gasteiger partial charge in [-0.1, -0.05) is 6.07 Å². The monoisotopic (exact) mass is 394 g/mol. The van der Waals surface area contributed by atoms with Crippen molar-refractivity contribution in [2.45, 2.75) is 19.5 Å². The van der Waals surface area contributed by atoms with Crippen LogP contribution >= 0.6 is 0 Å². The summed E-state index contributed by atoms with van der Waals surface area (Å²) in [5.74, 6) is 0.256. The van der Waals surface area contributed by atoms with Crippen molar-refractivity contribution in [1.29, 1.82) is 0 Å². The molecule has 27 heavy (non-hydrogen) atoms. The molecule has 1 amide bonds. The molecule has 7 nitrogen and oxygen atoms in total. The van der Waals surface area contributed by atoms with E-state index in [0.717, 1.165) is 28.3 Å². The molecule has 0 saturated carbocycles. The highest BCUT2D eigenvalue weighted by atomic mass is 32.2. The summed E-state index contributed by atoms with van der Waals surface area (Å²) in [5.41, 5.74) is 0.997. The number of nitrogens with one attached hydrogen (secondary N) is 1. The predicted octanol–water partition coefficient (Wildman–Crippen LogP) is 2.03. The van der Waals surface area contributed by atoms with Crippen LogP contribution in [0.25, 0.3) is 0 Å². The fraction of sp³-hybridized carbons (Fsp3) is 0.278. The number of nitrogens with zero attached hydrogens (tertiary/aromatic N) is 1. The average Bonchev–Trinajstić information content (AvgIpc) is 3.08. The molecule has 0 aromatic heterocycles. The third kappa shape index (κ3) is 4.30. The molecule has 1 aliphatic rings. The minimum atomic E-state index is -3.75. The summed E-state index contributed by atoms with van der Waals surface area (Å²) in [4.78, 5) is 12.5. The summed E-state index contributed by atoms with van der Waals surface area (Å²) in [6.45, 7) is 1.82. The number of hydrogen-bond acceptors (Lipinski definition) is 5. The largest absolute Gasteiger partial charge is 0.454 e. The van der Waals surface area contributed by atoms with E-state index >= 15 is 0 Å². The molecule has 0 saturated heterocycles. The van der Waals surface area contributed by atoms with Crippen molar-refractivity contribution in [2.75, 3.05) is 17.4 Å². The smallest absolute Gasteiger partial charge is 0.243 e. The van der Waals surface area contributed by atoms with E-state index in [1.165, 1.54) is 19.1 Å². The van der Waals surface area contributed by atoms with Gasteiger partial charge >= 0.3 is 0 Å². The lowest BCUT2D eigenvalue weighted by atomic mass is 10.2. The molecule has 0 aliphatic carbocycles. The number of rotatable bonds is 6. The highest BCUT2D eigenvalue weighted by molar-refractivity contribution is 7.92. The minimum absolute atomic E-state index is 0.156. The van der Waals surface area contributed by atoms with Crippen LogP contribution < -0.4 is 19.1 Å². The van der Waals surface area contributed by atoms with Crippen LogP contribution in [0.2, 0.25) is 0 Å². The molecule has 0 spiro atoms. The number of halogens is 1.